The van der Waals surface area contributed by atoms with Crippen molar-refractivity contribution in [2.45, 2.75) is 32.1 Å². The van der Waals surface area contributed by atoms with Crippen molar-refractivity contribution in [2.75, 3.05) is 5.73 Å². The van der Waals surface area contributed by atoms with Crippen LogP contribution in [0.15, 0.2) is 24.5 Å². The van der Waals surface area contributed by atoms with Gasteiger partial charge in [-0.2, -0.15) is 0 Å². The van der Waals surface area contributed by atoms with Crippen molar-refractivity contribution in [3.05, 3.63) is 35.8 Å². The van der Waals surface area contributed by atoms with Gasteiger partial charge in [0.15, 0.2) is 5.82 Å². The highest BCUT2D eigenvalue weighted by atomic mass is 15.0. The molecule has 2 aromatic heterocycles. The Hall–Kier alpha value is -1.97. The van der Waals surface area contributed by atoms with Gasteiger partial charge in [0.1, 0.15) is 5.82 Å². The average Bonchev–Trinajstić information content (AvgIpc) is 2.65. The summed E-state index contributed by atoms with van der Waals surface area (Å²) < 4.78 is 0. The summed E-state index contributed by atoms with van der Waals surface area (Å²) in [6, 6.07) is 3.83. The molecule has 18 heavy (non-hydrogen) atoms. The standard InChI is InChI=1S/C14H16N4/c15-13-11-4-2-1-3-5-12(11)17-14(18-13)10-6-8-16-9-7-10/h6-9H,1-5H2,(H2,15,17,18). The third-order valence-electron chi connectivity index (χ3n) is 3.40. The number of fused-ring (bicyclic) bond motifs is 1. The molecule has 4 nitrogen and oxygen atoms in total. The van der Waals surface area contributed by atoms with Gasteiger partial charge in [0.05, 0.1) is 0 Å². The summed E-state index contributed by atoms with van der Waals surface area (Å²) in [6.07, 6.45) is 9.16. The van der Waals surface area contributed by atoms with Crippen LogP contribution in [0.4, 0.5) is 5.82 Å². The number of nitrogens with two attached hydrogens (primary N) is 1. The molecule has 92 valence electrons. The quantitative estimate of drug-likeness (QED) is 0.777. The third kappa shape index (κ3) is 2.06. The van der Waals surface area contributed by atoms with Crippen molar-refractivity contribution >= 4 is 5.82 Å². The SMILES string of the molecule is Nc1nc(-c2ccncc2)nc2c1CCCCC2. The molecular weight excluding hydrogens is 224 g/mol. The molecule has 2 heterocycles. The van der Waals surface area contributed by atoms with Gasteiger partial charge >= 0.3 is 0 Å². The minimum Gasteiger partial charge on any atom is -0.383 e. The number of hydrogen-bond acceptors (Lipinski definition) is 4. The normalized spacial score (nSPS) is 14.9. The molecule has 0 amide bonds. The summed E-state index contributed by atoms with van der Waals surface area (Å²) in [4.78, 5) is 13.1. The molecule has 1 aliphatic rings. The molecule has 2 aromatic rings. The number of anilines is 1. The van der Waals surface area contributed by atoms with E-state index in [0.717, 1.165) is 35.5 Å². The number of aryl methyl sites for hydroxylation is 1. The molecule has 3 rings (SSSR count). The number of rotatable bonds is 1. The molecule has 0 radical (unpaired) electrons. The highest BCUT2D eigenvalue weighted by Gasteiger charge is 2.15. The Balaban J connectivity index is 2.08. The van der Waals surface area contributed by atoms with Crippen LogP contribution in [0.1, 0.15) is 30.5 Å². The molecule has 2 N–H and O–H groups in total. The van der Waals surface area contributed by atoms with Crippen LogP contribution in [-0.2, 0) is 12.8 Å². The largest absolute Gasteiger partial charge is 0.383 e. The maximum absolute atomic E-state index is 6.08. The molecule has 4 heteroatoms. The molecule has 0 fully saturated rings. The number of aromatic nitrogens is 3. The second-order valence-electron chi connectivity index (χ2n) is 4.65. The van der Waals surface area contributed by atoms with Crippen LogP contribution < -0.4 is 5.73 Å². The van der Waals surface area contributed by atoms with Gasteiger partial charge in [-0.25, -0.2) is 9.97 Å². The lowest BCUT2D eigenvalue weighted by atomic mass is 10.1. The fourth-order valence-corrected chi connectivity index (χ4v) is 2.43. The minimum atomic E-state index is 0.647. The Labute approximate surface area is 106 Å². The van der Waals surface area contributed by atoms with Crippen LogP contribution in [-0.4, -0.2) is 15.0 Å². The van der Waals surface area contributed by atoms with Crippen molar-refractivity contribution in [1.82, 2.24) is 15.0 Å². The van der Waals surface area contributed by atoms with Crippen molar-refractivity contribution in [2.24, 2.45) is 0 Å². The topological polar surface area (TPSA) is 64.7 Å². The summed E-state index contributed by atoms with van der Waals surface area (Å²) >= 11 is 0. The van der Waals surface area contributed by atoms with Gasteiger partial charge in [-0.3, -0.25) is 4.98 Å². The Kier molecular flexibility index (Phi) is 2.92. The third-order valence-corrected chi connectivity index (χ3v) is 3.40. The van der Waals surface area contributed by atoms with E-state index in [-0.39, 0.29) is 0 Å². The molecular formula is C14H16N4. The highest BCUT2D eigenvalue weighted by molar-refractivity contribution is 5.58. The molecule has 0 bridgehead atoms. The number of pyridine rings is 1. The van der Waals surface area contributed by atoms with E-state index in [4.69, 9.17) is 5.73 Å². The molecule has 0 spiro atoms. The molecule has 0 atom stereocenters. The predicted octanol–water partition coefficient (Wildman–Crippen LogP) is 2.39. The van der Waals surface area contributed by atoms with Crippen LogP contribution in [0, 0.1) is 0 Å². The average molecular weight is 240 g/mol. The summed E-state index contributed by atoms with van der Waals surface area (Å²) in [5.41, 5.74) is 9.35. The Morgan fingerprint density at radius 3 is 2.56 bits per heavy atom. The predicted molar refractivity (Wildman–Crippen MR) is 70.9 cm³/mol. The number of hydrogen-bond donors (Lipinski definition) is 1. The van der Waals surface area contributed by atoms with E-state index < -0.39 is 0 Å². The molecule has 0 aromatic carbocycles. The van der Waals surface area contributed by atoms with E-state index in [1.54, 1.807) is 12.4 Å². The summed E-state index contributed by atoms with van der Waals surface area (Å²) in [7, 11) is 0. The lowest BCUT2D eigenvalue weighted by Crippen LogP contribution is -2.06. The maximum Gasteiger partial charge on any atom is 0.161 e. The van der Waals surface area contributed by atoms with Gasteiger partial charge in [0, 0.05) is 29.2 Å². The molecule has 0 saturated carbocycles. The van der Waals surface area contributed by atoms with E-state index in [1.165, 1.54) is 19.3 Å². The summed E-state index contributed by atoms with van der Waals surface area (Å²) in [5, 5.41) is 0. The fourth-order valence-electron chi connectivity index (χ4n) is 2.43. The zero-order valence-corrected chi connectivity index (χ0v) is 10.3. The zero-order valence-electron chi connectivity index (χ0n) is 10.3. The van der Waals surface area contributed by atoms with Gasteiger partial charge in [0.25, 0.3) is 0 Å². The van der Waals surface area contributed by atoms with E-state index in [2.05, 4.69) is 15.0 Å². The second kappa shape index (κ2) is 4.72. The molecule has 0 unspecified atom stereocenters. The van der Waals surface area contributed by atoms with Crippen molar-refractivity contribution in [3.8, 4) is 11.4 Å². The number of nitrogens with zero attached hydrogens (tertiary/aromatic N) is 3. The second-order valence-corrected chi connectivity index (χ2v) is 4.65. The van der Waals surface area contributed by atoms with Crippen molar-refractivity contribution in [3.63, 3.8) is 0 Å². The zero-order chi connectivity index (χ0) is 12.4. The van der Waals surface area contributed by atoms with Crippen LogP contribution in [0.5, 0.6) is 0 Å². The van der Waals surface area contributed by atoms with Gasteiger partial charge in [0.2, 0.25) is 0 Å². The minimum absolute atomic E-state index is 0.647. The van der Waals surface area contributed by atoms with Gasteiger partial charge in [-0.1, -0.05) is 6.42 Å². The lowest BCUT2D eigenvalue weighted by Gasteiger charge is -2.10. The molecule has 0 saturated heterocycles. The Bertz CT molecular complexity index is 551. The fraction of sp³-hybridized carbons (Fsp3) is 0.357. The smallest absolute Gasteiger partial charge is 0.161 e. The van der Waals surface area contributed by atoms with Crippen molar-refractivity contribution in [1.29, 1.82) is 0 Å². The van der Waals surface area contributed by atoms with Crippen molar-refractivity contribution < 1.29 is 0 Å². The van der Waals surface area contributed by atoms with E-state index in [9.17, 15) is 0 Å². The van der Waals surface area contributed by atoms with Gasteiger partial charge in [-0.15, -0.1) is 0 Å². The highest BCUT2D eigenvalue weighted by Crippen LogP contribution is 2.25. The van der Waals surface area contributed by atoms with E-state index in [0.29, 0.717) is 5.82 Å². The first kappa shape index (κ1) is 11.1. The number of nitrogen functional groups attached to an aromatic ring is 1. The molecule has 1 aliphatic carbocycles. The Morgan fingerprint density at radius 2 is 1.72 bits per heavy atom. The monoisotopic (exact) mass is 240 g/mol. The molecule has 0 aliphatic heterocycles. The Morgan fingerprint density at radius 1 is 0.944 bits per heavy atom. The van der Waals surface area contributed by atoms with E-state index in [1.807, 2.05) is 12.1 Å². The van der Waals surface area contributed by atoms with Crippen LogP contribution in [0.3, 0.4) is 0 Å². The van der Waals surface area contributed by atoms with Gasteiger partial charge in [-0.05, 0) is 37.8 Å². The first-order valence-electron chi connectivity index (χ1n) is 6.40. The van der Waals surface area contributed by atoms with Crippen LogP contribution >= 0.6 is 0 Å². The van der Waals surface area contributed by atoms with Crippen LogP contribution in [0.2, 0.25) is 0 Å². The lowest BCUT2D eigenvalue weighted by molar-refractivity contribution is 0.709. The van der Waals surface area contributed by atoms with Crippen LogP contribution in [0.25, 0.3) is 11.4 Å². The van der Waals surface area contributed by atoms with Gasteiger partial charge < -0.3 is 5.73 Å². The maximum atomic E-state index is 6.08. The first-order valence-corrected chi connectivity index (χ1v) is 6.40. The summed E-state index contributed by atoms with van der Waals surface area (Å²) in [5.74, 6) is 1.37. The first-order chi connectivity index (χ1) is 8.84. The summed E-state index contributed by atoms with van der Waals surface area (Å²) in [6.45, 7) is 0. The van der Waals surface area contributed by atoms with E-state index >= 15 is 0 Å².